The molecule has 2 aliphatic heterocycles. The molecule has 194 valence electrons. The summed E-state index contributed by atoms with van der Waals surface area (Å²) in [6, 6.07) is 35.7. The predicted molar refractivity (Wildman–Crippen MR) is 162 cm³/mol. The predicted octanol–water partition coefficient (Wildman–Crippen LogP) is 3.00. The van der Waals surface area contributed by atoms with E-state index in [1.165, 1.54) is 34.2 Å². The molecular formula is C33H26B2O4S. The van der Waals surface area contributed by atoms with Crippen molar-refractivity contribution in [1.82, 2.24) is 0 Å². The molecule has 4 nitrogen and oxygen atoms in total. The molecule has 5 aromatic carbocycles. The lowest BCUT2D eigenvalue weighted by Gasteiger charge is -2.36. The first-order chi connectivity index (χ1) is 19.2. The van der Waals surface area contributed by atoms with Gasteiger partial charge >= 0.3 is 7.12 Å². The fourth-order valence-corrected chi connectivity index (χ4v) is 8.55. The van der Waals surface area contributed by atoms with Crippen LogP contribution in [-0.4, -0.2) is 32.3 Å². The molecule has 7 heteroatoms. The van der Waals surface area contributed by atoms with Gasteiger partial charge in [0.25, 0.3) is 0 Å². The van der Waals surface area contributed by atoms with Crippen molar-refractivity contribution in [2.24, 2.45) is 0 Å². The Kier molecular flexibility index (Phi) is 5.52. The van der Waals surface area contributed by atoms with Crippen molar-refractivity contribution in [2.75, 3.05) is 0 Å². The van der Waals surface area contributed by atoms with Crippen molar-refractivity contribution >= 4 is 45.5 Å². The highest BCUT2D eigenvalue weighted by molar-refractivity contribution is 7.91. The van der Waals surface area contributed by atoms with E-state index in [1.807, 2.05) is 26.0 Å². The minimum Gasteiger partial charge on any atom is -0.423 e. The number of fused-ring (bicyclic) bond motifs is 7. The van der Waals surface area contributed by atoms with Gasteiger partial charge in [-0.25, -0.2) is 8.42 Å². The number of sulfone groups is 1. The van der Waals surface area contributed by atoms with Crippen molar-refractivity contribution in [1.29, 1.82) is 0 Å². The zero-order valence-electron chi connectivity index (χ0n) is 22.2. The molecule has 0 atom stereocenters. The summed E-state index contributed by atoms with van der Waals surface area (Å²) in [5.41, 5.74) is 8.88. The Morgan fingerprint density at radius 1 is 0.625 bits per heavy atom. The van der Waals surface area contributed by atoms with E-state index in [-0.39, 0.29) is 17.1 Å². The van der Waals surface area contributed by atoms with Gasteiger partial charge in [0.05, 0.1) is 9.79 Å². The van der Waals surface area contributed by atoms with Crippen molar-refractivity contribution < 1.29 is 18.5 Å². The summed E-state index contributed by atoms with van der Waals surface area (Å²) in [5.74, 6) is 0. The number of benzene rings is 5. The van der Waals surface area contributed by atoms with Crippen molar-refractivity contribution in [3.05, 3.63) is 120 Å². The van der Waals surface area contributed by atoms with Crippen LogP contribution in [0.3, 0.4) is 0 Å². The molecular weight excluding hydrogens is 514 g/mol. The maximum atomic E-state index is 13.8. The summed E-state index contributed by atoms with van der Waals surface area (Å²) in [5, 5.41) is 19.7. The Labute approximate surface area is 235 Å². The van der Waals surface area contributed by atoms with Crippen LogP contribution in [0.2, 0.25) is 0 Å². The lowest BCUT2D eigenvalue weighted by Crippen LogP contribution is -2.53. The summed E-state index contributed by atoms with van der Waals surface area (Å²) in [4.78, 5) is 0.507. The van der Waals surface area contributed by atoms with Crippen LogP contribution in [0.4, 0.5) is 0 Å². The zero-order chi connectivity index (χ0) is 27.8. The summed E-state index contributed by atoms with van der Waals surface area (Å²) in [6.45, 7) is 3.89. The lowest BCUT2D eigenvalue weighted by atomic mass is 9.35. The van der Waals surface area contributed by atoms with Crippen LogP contribution in [0.15, 0.2) is 119 Å². The number of hydrogen-bond acceptors (Lipinski definition) is 4. The van der Waals surface area contributed by atoms with Gasteiger partial charge in [-0.1, -0.05) is 127 Å². The van der Waals surface area contributed by atoms with Crippen LogP contribution in [0.25, 0.3) is 22.3 Å². The Balaban J connectivity index is 1.50. The van der Waals surface area contributed by atoms with Gasteiger partial charge in [0.2, 0.25) is 16.6 Å². The minimum atomic E-state index is -3.80. The summed E-state index contributed by atoms with van der Waals surface area (Å²) in [7, 11) is -5.48. The molecule has 0 bridgehead atoms. The van der Waals surface area contributed by atoms with Crippen LogP contribution in [0.5, 0.6) is 0 Å². The molecule has 2 heterocycles. The third-order valence-corrected chi connectivity index (χ3v) is 10.5. The zero-order valence-corrected chi connectivity index (χ0v) is 23.0. The second kappa shape index (κ2) is 8.80. The summed E-state index contributed by atoms with van der Waals surface area (Å²) < 4.78 is 27.7. The van der Waals surface area contributed by atoms with Gasteiger partial charge < -0.3 is 10.0 Å². The quantitative estimate of drug-likeness (QED) is 0.332. The van der Waals surface area contributed by atoms with Crippen LogP contribution in [-0.2, 0) is 15.3 Å². The van der Waals surface area contributed by atoms with E-state index in [0.717, 1.165) is 16.6 Å². The molecule has 0 unspecified atom stereocenters. The highest BCUT2D eigenvalue weighted by atomic mass is 32.2. The second-order valence-electron chi connectivity index (χ2n) is 11.2. The molecule has 0 aliphatic carbocycles. The topological polar surface area (TPSA) is 74.6 Å². The molecule has 7 rings (SSSR count). The van der Waals surface area contributed by atoms with Gasteiger partial charge in [0, 0.05) is 5.41 Å². The molecule has 0 saturated carbocycles. The largest absolute Gasteiger partial charge is 0.488 e. The molecule has 2 N–H and O–H groups in total. The van der Waals surface area contributed by atoms with E-state index in [0.29, 0.717) is 16.0 Å². The summed E-state index contributed by atoms with van der Waals surface area (Å²) in [6.07, 6.45) is 0. The first-order valence-corrected chi connectivity index (χ1v) is 14.9. The van der Waals surface area contributed by atoms with Crippen LogP contribution >= 0.6 is 0 Å². The minimum absolute atomic E-state index is 0.115. The summed E-state index contributed by atoms with van der Waals surface area (Å²) >= 11 is 0. The lowest BCUT2D eigenvalue weighted by molar-refractivity contribution is 0.425. The maximum Gasteiger partial charge on any atom is 0.488 e. The van der Waals surface area contributed by atoms with Gasteiger partial charge in [0.1, 0.15) is 0 Å². The van der Waals surface area contributed by atoms with E-state index in [1.54, 1.807) is 12.1 Å². The van der Waals surface area contributed by atoms with E-state index >= 15 is 0 Å². The Hall–Kier alpha value is -3.90. The molecule has 5 aromatic rings. The van der Waals surface area contributed by atoms with Crippen molar-refractivity contribution in [2.45, 2.75) is 29.1 Å². The van der Waals surface area contributed by atoms with Crippen LogP contribution < -0.4 is 21.9 Å². The molecule has 0 saturated heterocycles. The molecule has 2 aliphatic rings. The van der Waals surface area contributed by atoms with Crippen molar-refractivity contribution in [3.63, 3.8) is 0 Å². The molecule has 0 fully saturated rings. The van der Waals surface area contributed by atoms with E-state index in [2.05, 4.69) is 72.8 Å². The van der Waals surface area contributed by atoms with E-state index in [4.69, 9.17) is 0 Å². The van der Waals surface area contributed by atoms with Crippen LogP contribution in [0, 0.1) is 0 Å². The number of rotatable bonds is 2. The van der Waals surface area contributed by atoms with Crippen LogP contribution in [0.1, 0.15) is 25.0 Å². The standard InChI is InChI=1S/C33H26B2O4S/c1-33(2)27-19-21(15-17-31(27)40(38,39)32-18-16-22(35(36)37)20-28(32)33)34-29-13-7-5-11-25(29)23-9-3-4-10-24(23)26-12-6-8-14-30(26)34/h3-20,36-37H,1-2H3. The molecule has 40 heavy (non-hydrogen) atoms. The highest BCUT2D eigenvalue weighted by Gasteiger charge is 2.42. The Bertz CT molecular complexity index is 1880. The van der Waals surface area contributed by atoms with Gasteiger partial charge in [-0.3, -0.25) is 0 Å². The third kappa shape index (κ3) is 3.51. The Morgan fingerprint density at radius 3 is 1.65 bits per heavy atom. The molecule has 0 radical (unpaired) electrons. The second-order valence-corrected chi connectivity index (χ2v) is 13.1. The number of hydrogen-bond donors (Lipinski definition) is 2. The smallest absolute Gasteiger partial charge is 0.423 e. The van der Waals surface area contributed by atoms with Gasteiger partial charge in [-0.05, 0) is 51.0 Å². The molecule has 0 aromatic heterocycles. The fourth-order valence-electron chi connectivity index (χ4n) is 6.61. The molecule has 0 amide bonds. The van der Waals surface area contributed by atoms with Gasteiger partial charge in [-0.15, -0.1) is 0 Å². The monoisotopic (exact) mass is 540 g/mol. The molecule has 0 spiro atoms. The first kappa shape index (κ1) is 25.1. The average molecular weight is 540 g/mol. The average Bonchev–Trinajstić information content (AvgIpc) is 3.09. The van der Waals surface area contributed by atoms with E-state index < -0.39 is 22.4 Å². The first-order valence-electron chi connectivity index (χ1n) is 13.4. The normalized spacial score (nSPS) is 15.6. The maximum absolute atomic E-state index is 13.8. The SMILES string of the molecule is CC1(C)c2cc(B(O)O)ccc2S(=O)(=O)c2ccc(B3c4ccccc4-c4ccccc4-c4ccccc43)cc21. The van der Waals surface area contributed by atoms with Gasteiger partial charge in [-0.2, -0.15) is 0 Å². The third-order valence-electron chi connectivity index (χ3n) is 8.62. The van der Waals surface area contributed by atoms with E-state index in [9.17, 15) is 18.5 Å². The Morgan fingerprint density at radius 2 is 1.10 bits per heavy atom. The van der Waals surface area contributed by atoms with Gasteiger partial charge in [0.15, 0.2) is 0 Å². The fraction of sp³-hybridized carbons (Fsp3) is 0.0909. The van der Waals surface area contributed by atoms with Crippen molar-refractivity contribution in [3.8, 4) is 22.3 Å². The highest BCUT2D eigenvalue weighted by Crippen LogP contribution is 2.45.